The number of Topliss-reactive ketones (excluding diaryl/α,β-unsaturated/α-hetero) is 1. The lowest BCUT2D eigenvalue weighted by Gasteiger charge is -2.15. The van der Waals surface area contributed by atoms with Gasteiger partial charge in [-0.15, -0.1) is 10.2 Å². The Kier molecular flexibility index (Phi) is 4.65. The molecule has 1 N–H and O–H groups in total. The minimum Gasteiger partial charge on any atom is -0.493 e. The predicted molar refractivity (Wildman–Crippen MR) is 99.2 cm³/mol. The topological polar surface area (TPSA) is 106 Å². The monoisotopic (exact) mass is 368 g/mol. The van der Waals surface area contributed by atoms with Crippen molar-refractivity contribution in [3.8, 4) is 5.88 Å². The van der Waals surface area contributed by atoms with E-state index in [9.17, 15) is 19.5 Å². The second-order valence-corrected chi connectivity index (χ2v) is 6.65. The molecule has 1 heterocycles. The number of ketones is 1. The summed E-state index contributed by atoms with van der Waals surface area (Å²) < 4.78 is 1.71. The van der Waals surface area contributed by atoms with Gasteiger partial charge in [-0.2, -0.15) is 0 Å². The van der Waals surface area contributed by atoms with Crippen LogP contribution in [0.2, 0.25) is 0 Å². The van der Waals surface area contributed by atoms with Crippen molar-refractivity contribution in [1.82, 2.24) is 9.13 Å². The van der Waals surface area contributed by atoms with Crippen molar-refractivity contribution in [2.45, 2.75) is 19.8 Å². The molecule has 1 aromatic heterocycles. The number of nitrogens with zero attached hydrogens (tertiary/aromatic N) is 4. The predicted octanol–water partition coefficient (Wildman–Crippen LogP) is 2.15. The van der Waals surface area contributed by atoms with Crippen LogP contribution in [-0.2, 0) is 18.9 Å². The Morgan fingerprint density at radius 3 is 2.26 bits per heavy atom. The van der Waals surface area contributed by atoms with Crippen molar-refractivity contribution in [2.75, 3.05) is 0 Å². The second-order valence-electron chi connectivity index (χ2n) is 6.65. The molecule has 0 radical (unpaired) electrons. The van der Waals surface area contributed by atoms with Crippen molar-refractivity contribution in [1.29, 1.82) is 0 Å². The molecular weight excluding hydrogens is 348 g/mol. The number of hydrogen-bond donors (Lipinski definition) is 1. The highest BCUT2D eigenvalue weighted by atomic mass is 16.3. The van der Waals surface area contributed by atoms with Crippen LogP contribution in [0.1, 0.15) is 25.3 Å². The van der Waals surface area contributed by atoms with Gasteiger partial charge in [-0.25, -0.2) is 4.79 Å². The maximum absolute atomic E-state index is 12.9. The van der Waals surface area contributed by atoms with Crippen molar-refractivity contribution in [3.63, 3.8) is 0 Å². The number of carbonyl (C=O) groups is 1. The molecule has 2 unspecified atom stereocenters. The molecule has 0 bridgehead atoms. The Morgan fingerprint density at radius 2 is 1.63 bits per heavy atom. The van der Waals surface area contributed by atoms with Crippen LogP contribution >= 0.6 is 0 Å². The molecule has 0 saturated carbocycles. The molecule has 1 aromatic carbocycles. The summed E-state index contributed by atoms with van der Waals surface area (Å²) in [5, 5.41) is 17.9. The lowest BCUT2D eigenvalue weighted by molar-refractivity contribution is -0.116. The van der Waals surface area contributed by atoms with Crippen LogP contribution in [0.5, 0.6) is 5.88 Å². The van der Waals surface area contributed by atoms with Crippen molar-refractivity contribution in [2.24, 2.45) is 30.2 Å². The molecular formula is C19H20N4O4. The standard InChI is InChI=1S/C19H20N4O4/c1-10-11(2)14(16(24)13(10)12-8-6-5-7-9-12)20-21-15-17(25)22(3)19(27)23(4)18(15)26/h5-10,13,25H,1-4H3. The molecule has 0 fully saturated rings. The molecule has 8 nitrogen and oxygen atoms in total. The summed E-state index contributed by atoms with van der Waals surface area (Å²) in [5.74, 6) is -1.21. The SMILES string of the molecule is CC1=C(N=Nc2c(O)n(C)c(=O)n(C)c2=O)C(=O)C(c2ccccc2)C1C. The average molecular weight is 368 g/mol. The third-order valence-corrected chi connectivity index (χ3v) is 5.09. The molecule has 1 aliphatic carbocycles. The molecule has 2 atom stereocenters. The van der Waals surface area contributed by atoms with Gasteiger partial charge in [0, 0.05) is 14.1 Å². The summed E-state index contributed by atoms with van der Waals surface area (Å²) >= 11 is 0. The summed E-state index contributed by atoms with van der Waals surface area (Å²) in [7, 11) is 2.59. The first-order valence-electron chi connectivity index (χ1n) is 8.46. The Balaban J connectivity index is 2.03. The Morgan fingerprint density at radius 1 is 1.00 bits per heavy atom. The lowest BCUT2D eigenvalue weighted by atomic mass is 9.87. The summed E-state index contributed by atoms with van der Waals surface area (Å²) in [6.07, 6.45) is 0. The fourth-order valence-electron chi connectivity index (χ4n) is 3.27. The molecule has 0 amide bonds. The Hall–Kier alpha value is -3.29. The van der Waals surface area contributed by atoms with E-state index in [-0.39, 0.29) is 29.0 Å². The van der Waals surface area contributed by atoms with Crippen LogP contribution in [0.15, 0.2) is 61.4 Å². The van der Waals surface area contributed by atoms with Crippen molar-refractivity contribution < 1.29 is 9.90 Å². The van der Waals surface area contributed by atoms with Crippen molar-refractivity contribution in [3.05, 3.63) is 68.0 Å². The van der Waals surface area contributed by atoms with Crippen LogP contribution in [0.25, 0.3) is 0 Å². The average Bonchev–Trinajstić information content (AvgIpc) is 2.88. The van der Waals surface area contributed by atoms with Gasteiger partial charge in [0.05, 0.1) is 5.92 Å². The number of hydrogen-bond acceptors (Lipinski definition) is 6. The lowest BCUT2D eigenvalue weighted by Crippen LogP contribution is -2.36. The number of benzene rings is 1. The van der Waals surface area contributed by atoms with E-state index in [2.05, 4.69) is 10.2 Å². The number of azo groups is 1. The maximum Gasteiger partial charge on any atom is 0.333 e. The summed E-state index contributed by atoms with van der Waals surface area (Å²) in [5.41, 5.74) is -0.0217. The van der Waals surface area contributed by atoms with E-state index in [1.807, 2.05) is 37.3 Å². The quantitative estimate of drug-likeness (QED) is 0.838. The van der Waals surface area contributed by atoms with Crippen LogP contribution in [-0.4, -0.2) is 20.0 Å². The Labute approximate surface area is 155 Å². The van der Waals surface area contributed by atoms with Gasteiger partial charge in [0.25, 0.3) is 5.56 Å². The van der Waals surface area contributed by atoms with Gasteiger partial charge in [-0.3, -0.25) is 18.7 Å². The van der Waals surface area contributed by atoms with Gasteiger partial charge >= 0.3 is 5.69 Å². The molecule has 1 aliphatic rings. The van der Waals surface area contributed by atoms with E-state index in [4.69, 9.17) is 0 Å². The molecule has 2 aromatic rings. The van der Waals surface area contributed by atoms with Gasteiger partial charge in [-0.1, -0.05) is 37.3 Å². The van der Waals surface area contributed by atoms with E-state index in [0.717, 1.165) is 20.3 Å². The number of rotatable bonds is 3. The smallest absolute Gasteiger partial charge is 0.333 e. The largest absolute Gasteiger partial charge is 0.493 e. The van der Waals surface area contributed by atoms with Crippen LogP contribution in [0.3, 0.4) is 0 Å². The van der Waals surface area contributed by atoms with E-state index in [1.165, 1.54) is 14.1 Å². The van der Waals surface area contributed by atoms with E-state index in [1.54, 1.807) is 6.92 Å². The summed E-state index contributed by atoms with van der Waals surface area (Å²) in [6, 6.07) is 9.40. The highest BCUT2D eigenvalue weighted by Gasteiger charge is 2.38. The van der Waals surface area contributed by atoms with E-state index < -0.39 is 17.1 Å². The number of allylic oxidation sites excluding steroid dienone is 2. The number of aromatic nitrogens is 2. The minimum atomic E-state index is -0.782. The first-order chi connectivity index (χ1) is 12.8. The fourth-order valence-corrected chi connectivity index (χ4v) is 3.27. The zero-order valence-electron chi connectivity index (χ0n) is 15.5. The highest BCUT2D eigenvalue weighted by Crippen LogP contribution is 2.41. The fraction of sp³-hybridized carbons (Fsp3) is 0.316. The summed E-state index contributed by atoms with van der Waals surface area (Å²) in [4.78, 5) is 36.9. The normalized spacial score (nSPS) is 20.1. The van der Waals surface area contributed by atoms with Gasteiger partial charge in [0.1, 0.15) is 5.70 Å². The third-order valence-electron chi connectivity index (χ3n) is 5.09. The second kappa shape index (κ2) is 6.79. The van der Waals surface area contributed by atoms with E-state index in [0.29, 0.717) is 0 Å². The Bertz CT molecular complexity index is 1090. The van der Waals surface area contributed by atoms with Crippen molar-refractivity contribution >= 4 is 11.5 Å². The first kappa shape index (κ1) is 18.5. The molecule has 140 valence electrons. The molecule has 0 aliphatic heterocycles. The first-order valence-corrected chi connectivity index (χ1v) is 8.46. The van der Waals surface area contributed by atoms with E-state index >= 15 is 0 Å². The minimum absolute atomic E-state index is 0.0644. The van der Waals surface area contributed by atoms with Gasteiger partial charge in [0.2, 0.25) is 11.6 Å². The zero-order valence-corrected chi connectivity index (χ0v) is 15.5. The molecule has 0 saturated heterocycles. The molecule has 27 heavy (non-hydrogen) atoms. The molecule has 3 rings (SSSR count). The molecule has 8 heteroatoms. The number of aromatic hydroxyl groups is 1. The van der Waals surface area contributed by atoms with Crippen LogP contribution in [0.4, 0.5) is 5.69 Å². The molecule has 0 spiro atoms. The van der Waals surface area contributed by atoms with Gasteiger partial charge in [0.15, 0.2) is 5.78 Å². The zero-order chi connectivity index (χ0) is 19.9. The number of carbonyl (C=O) groups excluding carboxylic acids is 1. The third kappa shape index (κ3) is 2.92. The summed E-state index contributed by atoms with van der Waals surface area (Å²) in [6.45, 7) is 3.74. The van der Waals surface area contributed by atoms with Crippen LogP contribution < -0.4 is 11.2 Å². The van der Waals surface area contributed by atoms with Crippen LogP contribution in [0, 0.1) is 5.92 Å². The van der Waals surface area contributed by atoms with Gasteiger partial charge < -0.3 is 5.11 Å². The van der Waals surface area contributed by atoms with Gasteiger partial charge in [-0.05, 0) is 24.0 Å². The highest BCUT2D eigenvalue weighted by molar-refractivity contribution is 6.03. The maximum atomic E-state index is 12.9.